The van der Waals surface area contributed by atoms with Crippen LogP contribution in [0.4, 0.5) is 5.95 Å². The molecule has 3 heterocycles. The fraction of sp³-hybridized carbons (Fsp3) is 0.643. The van der Waals surface area contributed by atoms with Gasteiger partial charge in [0.1, 0.15) is 0 Å². The summed E-state index contributed by atoms with van der Waals surface area (Å²) in [6.45, 7) is 8.42. The molecular formula is C14H22N6S. The molecule has 1 fully saturated rings. The lowest BCUT2D eigenvalue weighted by atomic mass is 9.97. The molecule has 7 heteroatoms. The van der Waals surface area contributed by atoms with Crippen molar-refractivity contribution in [1.82, 2.24) is 25.5 Å². The third-order valence-corrected chi connectivity index (χ3v) is 4.83. The first-order valence-electron chi connectivity index (χ1n) is 7.57. The van der Waals surface area contributed by atoms with Crippen LogP contribution in [0.15, 0.2) is 6.20 Å². The first-order chi connectivity index (χ1) is 10.3. The van der Waals surface area contributed by atoms with Crippen LogP contribution in [0.5, 0.6) is 0 Å². The summed E-state index contributed by atoms with van der Waals surface area (Å²) in [7, 11) is 0. The highest BCUT2D eigenvalue weighted by Gasteiger charge is 2.22. The van der Waals surface area contributed by atoms with E-state index in [-0.39, 0.29) is 0 Å². The molecule has 0 saturated carbocycles. The number of thiazole rings is 1. The van der Waals surface area contributed by atoms with Crippen molar-refractivity contribution in [3.05, 3.63) is 11.2 Å². The highest BCUT2D eigenvalue weighted by atomic mass is 32.1. The molecule has 2 N–H and O–H groups in total. The first-order valence-corrected chi connectivity index (χ1v) is 8.38. The molecule has 1 saturated heterocycles. The summed E-state index contributed by atoms with van der Waals surface area (Å²) >= 11 is 1.64. The molecule has 6 nitrogen and oxygen atoms in total. The summed E-state index contributed by atoms with van der Waals surface area (Å²) in [5.41, 5.74) is 0. The minimum Gasteiger partial charge on any atom is -0.340 e. The Kier molecular flexibility index (Phi) is 4.50. The van der Waals surface area contributed by atoms with Crippen molar-refractivity contribution < 1.29 is 0 Å². The van der Waals surface area contributed by atoms with Crippen molar-refractivity contribution >= 4 is 17.3 Å². The highest BCUT2D eigenvalue weighted by Crippen LogP contribution is 2.25. The second-order valence-electron chi connectivity index (χ2n) is 5.47. The summed E-state index contributed by atoms with van der Waals surface area (Å²) in [5.74, 6) is 2.42. The number of hydrogen-bond acceptors (Lipinski definition) is 6. The number of rotatable bonds is 5. The van der Waals surface area contributed by atoms with Gasteiger partial charge >= 0.3 is 0 Å². The van der Waals surface area contributed by atoms with E-state index in [4.69, 9.17) is 0 Å². The van der Waals surface area contributed by atoms with E-state index in [1.54, 1.807) is 11.3 Å². The number of aryl methyl sites for hydroxylation is 1. The lowest BCUT2D eigenvalue weighted by molar-refractivity contribution is 0.384. The van der Waals surface area contributed by atoms with Crippen molar-refractivity contribution in [1.29, 1.82) is 0 Å². The Hall–Kier alpha value is -1.47. The number of hydrogen-bond donors (Lipinski definition) is 2. The first kappa shape index (κ1) is 14.5. The number of piperidine rings is 1. The number of nitrogens with one attached hydrogen (secondary N) is 2. The molecule has 3 rings (SSSR count). The molecule has 0 aromatic carbocycles. The second kappa shape index (κ2) is 6.53. The average molecular weight is 306 g/mol. The van der Waals surface area contributed by atoms with E-state index in [2.05, 4.69) is 37.3 Å². The third kappa shape index (κ3) is 3.41. The maximum Gasteiger partial charge on any atom is 0.245 e. The van der Waals surface area contributed by atoms with Crippen LogP contribution in [0.2, 0.25) is 0 Å². The lowest BCUT2D eigenvalue weighted by Crippen LogP contribution is -2.37. The van der Waals surface area contributed by atoms with Crippen molar-refractivity contribution in [2.75, 3.05) is 31.1 Å². The highest BCUT2D eigenvalue weighted by molar-refractivity contribution is 7.14. The van der Waals surface area contributed by atoms with Gasteiger partial charge in [0.15, 0.2) is 5.82 Å². The molecule has 2 aromatic heterocycles. The molecule has 1 aliphatic rings. The zero-order valence-electron chi connectivity index (χ0n) is 12.6. The van der Waals surface area contributed by atoms with Crippen molar-refractivity contribution in [3.8, 4) is 10.7 Å². The van der Waals surface area contributed by atoms with Gasteiger partial charge in [0.05, 0.1) is 9.88 Å². The Bertz CT molecular complexity index is 570. The number of H-pyrrole nitrogens is 1. The topological polar surface area (TPSA) is 69.7 Å². The van der Waals surface area contributed by atoms with Gasteiger partial charge in [0.25, 0.3) is 0 Å². The SMILES string of the molecule is CCNCC1CCN(c2n[nH]c(-c3cnc(C)s3)n2)CC1. The molecule has 0 amide bonds. The number of aromatic nitrogens is 4. The summed E-state index contributed by atoms with van der Waals surface area (Å²) < 4.78 is 0. The van der Waals surface area contributed by atoms with E-state index in [0.717, 1.165) is 53.8 Å². The van der Waals surface area contributed by atoms with Gasteiger partial charge in [0.2, 0.25) is 5.95 Å². The van der Waals surface area contributed by atoms with Gasteiger partial charge < -0.3 is 10.2 Å². The Morgan fingerprint density at radius 3 is 2.90 bits per heavy atom. The predicted molar refractivity (Wildman–Crippen MR) is 85.7 cm³/mol. The van der Waals surface area contributed by atoms with E-state index >= 15 is 0 Å². The van der Waals surface area contributed by atoms with E-state index in [9.17, 15) is 0 Å². The molecule has 1 aliphatic heterocycles. The van der Waals surface area contributed by atoms with E-state index < -0.39 is 0 Å². The van der Waals surface area contributed by atoms with Gasteiger partial charge in [-0.05, 0) is 38.8 Å². The summed E-state index contributed by atoms with van der Waals surface area (Å²) in [4.78, 5) is 12.2. The smallest absolute Gasteiger partial charge is 0.245 e. The van der Waals surface area contributed by atoms with E-state index in [1.165, 1.54) is 12.8 Å². The molecule has 0 radical (unpaired) electrons. The number of nitrogens with zero attached hydrogens (tertiary/aromatic N) is 4. The Morgan fingerprint density at radius 1 is 1.43 bits per heavy atom. The molecular weight excluding hydrogens is 284 g/mol. The molecule has 0 unspecified atom stereocenters. The van der Waals surface area contributed by atoms with Crippen LogP contribution < -0.4 is 10.2 Å². The van der Waals surface area contributed by atoms with Crippen LogP contribution in [-0.4, -0.2) is 46.3 Å². The number of anilines is 1. The van der Waals surface area contributed by atoms with Gasteiger partial charge in [-0.25, -0.2) is 4.98 Å². The molecule has 0 atom stereocenters. The van der Waals surface area contributed by atoms with Gasteiger partial charge in [0, 0.05) is 19.3 Å². The molecule has 2 aromatic rings. The van der Waals surface area contributed by atoms with E-state index in [0.29, 0.717) is 0 Å². The maximum absolute atomic E-state index is 4.62. The van der Waals surface area contributed by atoms with Crippen LogP contribution in [0.3, 0.4) is 0 Å². The van der Waals surface area contributed by atoms with E-state index in [1.807, 2.05) is 13.1 Å². The molecule has 0 bridgehead atoms. The van der Waals surface area contributed by atoms with Gasteiger partial charge in [-0.3, -0.25) is 5.10 Å². The zero-order chi connectivity index (χ0) is 14.7. The summed E-state index contributed by atoms with van der Waals surface area (Å²) in [6.07, 6.45) is 4.26. The van der Waals surface area contributed by atoms with Crippen molar-refractivity contribution in [3.63, 3.8) is 0 Å². The maximum atomic E-state index is 4.62. The van der Waals surface area contributed by atoms with Gasteiger partial charge in [-0.2, -0.15) is 4.98 Å². The Labute approximate surface area is 129 Å². The summed E-state index contributed by atoms with van der Waals surface area (Å²) in [6, 6.07) is 0. The van der Waals surface area contributed by atoms with Gasteiger partial charge in [-0.1, -0.05) is 6.92 Å². The number of aromatic amines is 1. The molecule has 0 spiro atoms. The quantitative estimate of drug-likeness (QED) is 0.885. The standard InChI is InChI=1S/C14H22N6S/c1-3-15-8-11-4-6-20(7-5-11)14-17-13(18-19-14)12-9-16-10(2)21-12/h9,11,15H,3-8H2,1-2H3,(H,17,18,19). The van der Waals surface area contributed by atoms with Crippen LogP contribution in [0.25, 0.3) is 10.7 Å². The summed E-state index contributed by atoms with van der Waals surface area (Å²) in [5, 5.41) is 11.9. The van der Waals surface area contributed by atoms with Crippen molar-refractivity contribution in [2.45, 2.75) is 26.7 Å². The minimum absolute atomic E-state index is 0.781. The van der Waals surface area contributed by atoms with Crippen LogP contribution >= 0.6 is 11.3 Å². The predicted octanol–water partition coefficient (Wildman–Crippen LogP) is 2.06. The minimum atomic E-state index is 0.781. The third-order valence-electron chi connectivity index (χ3n) is 3.91. The lowest BCUT2D eigenvalue weighted by Gasteiger charge is -2.31. The largest absolute Gasteiger partial charge is 0.340 e. The van der Waals surface area contributed by atoms with Crippen LogP contribution in [0, 0.1) is 12.8 Å². The fourth-order valence-electron chi connectivity index (χ4n) is 2.66. The Balaban J connectivity index is 1.60. The average Bonchev–Trinajstić information content (AvgIpc) is 3.14. The normalized spacial score (nSPS) is 16.6. The Morgan fingerprint density at radius 2 is 2.24 bits per heavy atom. The zero-order valence-corrected chi connectivity index (χ0v) is 13.4. The van der Waals surface area contributed by atoms with Crippen LogP contribution in [0.1, 0.15) is 24.8 Å². The monoisotopic (exact) mass is 306 g/mol. The van der Waals surface area contributed by atoms with Crippen LogP contribution in [-0.2, 0) is 0 Å². The van der Waals surface area contributed by atoms with Gasteiger partial charge in [-0.15, -0.1) is 16.4 Å². The molecule has 114 valence electrons. The molecule has 21 heavy (non-hydrogen) atoms. The molecule has 0 aliphatic carbocycles. The van der Waals surface area contributed by atoms with Crippen molar-refractivity contribution in [2.24, 2.45) is 5.92 Å². The second-order valence-corrected chi connectivity index (χ2v) is 6.70. The fourth-order valence-corrected chi connectivity index (χ4v) is 3.38.